The molecule has 0 amide bonds. The van der Waals surface area contributed by atoms with Gasteiger partial charge in [-0.05, 0) is 64.4 Å². The summed E-state index contributed by atoms with van der Waals surface area (Å²) in [6, 6.07) is 12.8. The molecule has 2 N–H and O–H groups in total. The molecule has 2 aromatic carbocycles. The first-order valence-electron chi connectivity index (χ1n) is 5.51. The minimum atomic E-state index is -0.241. The Balaban J connectivity index is 2.21. The monoisotopic (exact) mass is 419 g/mol. The highest BCUT2D eigenvalue weighted by atomic mass is 127. The van der Waals surface area contributed by atoms with Gasteiger partial charge in [0.05, 0.1) is 0 Å². The first-order valence-corrected chi connectivity index (χ1v) is 7.38. The zero-order valence-electron chi connectivity index (χ0n) is 9.54. The van der Waals surface area contributed by atoms with Crippen LogP contribution in [0.15, 0.2) is 46.9 Å². The largest absolute Gasteiger partial charge is 0.324 e. The molecule has 0 aliphatic heterocycles. The number of halogens is 3. The fourth-order valence-corrected chi connectivity index (χ4v) is 3.17. The average molecular weight is 420 g/mol. The summed E-state index contributed by atoms with van der Waals surface area (Å²) in [5.74, 6) is -0.241. The van der Waals surface area contributed by atoms with E-state index in [4.69, 9.17) is 5.73 Å². The predicted octanol–water partition coefficient (Wildman–Crippen LogP) is 4.44. The Labute approximate surface area is 128 Å². The van der Waals surface area contributed by atoms with E-state index in [2.05, 4.69) is 38.5 Å². The van der Waals surface area contributed by atoms with Crippen molar-refractivity contribution in [3.05, 3.63) is 67.5 Å². The molecule has 0 saturated carbocycles. The van der Waals surface area contributed by atoms with E-state index in [9.17, 15) is 4.39 Å². The number of hydrogen-bond acceptors (Lipinski definition) is 1. The highest BCUT2D eigenvalue weighted by Gasteiger charge is 2.11. The van der Waals surface area contributed by atoms with E-state index in [1.807, 2.05) is 30.3 Å². The lowest BCUT2D eigenvalue weighted by atomic mass is 10.00. The van der Waals surface area contributed by atoms with Gasteiger partial charge >= 0.3 is 0 Å². The van der Waals surface area contributed by atoms with Gasteiger partial charge in [-0.15, -0.1) is 0 Å². The molecule has 0 heterocycles. The molecule has 94 valence electrons. The van der Waals surface area contributed by atoms with Crippen LogP contribution >= 0.6 is 38.5 Å². The van der Waals surface area contributed by atoms with Gasteiger partial charge in [0.2, 0.25) is 0 Å². The summed E-state index contributed by atoms with van der Waals surface area (Å²) in [4.78, 5) is 0. The molecule has 2 aromatic rings. The zero-order valence-corrected chi connectivity index (χ0v) is 13.3. The van der Waals surface area contributed by atoms with Crippen LogP contribution in [0.4, 0.5) is 4.39 Å². The van der Waals surface area contributed by atoms with Crippen LogP contribution in [0.1, 0.15) is 17.2 Å². The van der Waals surface area contributed by atoms with E-state index in [0.717, 1.165) is 19.2 Å². The van der Waals surface area contributed by atoms with Crippen molar-refractivity contribution in [1.82, 2.24) is 0 Å². The second kappa shape index (κ2) is 6.12. The van der Waals surface area contributed by atoms with Gasteiger partial charge in [-0.1, -0.05) is 34.1 Å². The van der Waals surface area contributed by atoms with Crippen molar-refractivity contribution < 1.29 is 4.39 Å². The molecule has 0 aliphatic carbocycles. The van der Waals surface area contributed by atoms with E-state index in [1.54, 1.807) is 0 Å². The zero-order chi connectivity index (χ0) is 13.1. The molecule has 0 aromatic heterocycles. The van der Waals surface area contributed by atoms with Gasteiger partial charge in [0.25, 0.3) is 0 Å². The maximum Gasteiger partial charge on any atom is 0.124 e. The SMILES string of the molecule is NC(Cc1cc(F)cc(Br)c1)c1ccccc1I. The lowest BCUT2D eigenvalue weighted by molar-refractivity contribution is 0.621. The number of rotatable bonds is 3. The molecule has 0 aliphatic rings. The lowest BCUT2D eigenvalue weighted by Gasteiger charge is -2.14. The summed E-state index contributed by atoms with van der Waals surface area (Å²) >= 11 is 5.56. The second-order valence-corrected chi connectivity index (χ2v) is 6.19. The molecule has 0 spiro atoms. The van der Waals surface area contributed by atoms with Crippen molar-refractivity contribution in [2.45, 2.75) is 12.5 Å². The topological polar surface area (TPSA) is 26.0 Å². The van der Waals surface area contributed by atoms with Crippen LogP contribution in [0, 0.1) is 9.39 Å². The fourth-order valence-electron chi connectivity index (χ4n) is 1.87. The summed E-state index contributed by atoms with van der Waals surface area (Å²) in [6.07, 6.45) is 0.621. The molecule has 0 saturated heterocycles. The van der Waals surface area contributed by atoms with Crippen LogP contribution in [0.3, 0.4) is 0 Å². The van der Waals surface area contributed by atoms with E-state index >= 15 is 0 Å². The van der Waals surface area contributed by atoms with Crippen LogP contribution < -0.4 is 5.73 Å². The number of nitrogens with two attached hydrogens (primary N) is 1. The molecule has 18 heavy (non-hydrogen) atoms. The van der Waals surface area contributed by atoms with Gasteiger partial charge in [0, 0.05) is 14.1 Å². The van der Waals surface area contributed by atoms with Crippen molar-refractivity contribution >= 4 is 38.5 Å². The summed E-state index contributed by atoms with van der Waals surface area (Å²) in [7, 11) is 0. The molecule has 2 rings (SSSR count). The van der Waals surface area contributed by atoms with Crippen molar-refractivity contribution in [1.29, 1.82) is 0 Å². The maximum absolute atomic E-state index is 13.3. The van der Waals surface area contributed by atoms with Gasteiger partial charge in [-0.2, -0.15) is 0 Å². The third-order valence-corrected chi connectivity index (χ3v) is 4.12. The highest BCUT2D eigenvalue weighted by molar-refractivity contribution is 14.1. The maximum atomic E-state index is 13.3. The summed E-state index contributed by atoms with van der Waals surface area (Å²) in [6.45, 7) is 0. The first kappa shape index (κ1) is 14.0. The molecule has 4 heteroatoms. The molecule has 0 bridgehead atoms. The Bertz CT molecular complexity index is 539. The molecule has 1 atom stereocenters. The Morgan fingerprint density at radius 1 is 1.22 bits per heavy atom. The third-order valence-electron chi connectivity index (χ3n) is 2.68. The van der Waals surface area contributed by atoms with Crippen molar-refractivity contribution in [3.8, 4) is 0 Å². The average Bonchev–Trinajstić information content (AvgIpc) is 2.27. The van der Waals surface area contributed by atoms with Crippen LogP contribution in [-0.4, -0.2) is 0 Å². The predicted molar refractivity (Wildman–Crippen MR) is 83.9 cm³/mol. The molecule has 1 nitrogen and oxygen atoms in total. The van der Waals surface area contributed by atoms with E-state index in [-0.39, 0.29) is 11.9 Å². The van der Waals surface area contributed by atoms with Gasteiger partial charge in [0.1, 0.15) is 5.82 Å². The Hall–Kier alpha value is -0.460. The Morgan fingerprint density at radius 2 is 1.94 bits per heavy atom. The summed E-state index contributed by atoms with van der Waals surface area (Å²) in [5, 5.41) is 0. The first-order chi connectivity index (χ1) is 8.56. The fraction of sp³-hybridized carbons (Fsp3) is 0.143. The van der Waals surface area contributed by atoms with Crippen molar-refractivity contribution in [2.24, 2.45) is 5.73 Å². The third kappa shape index (κ3) is 3.52. The lowest BCUT2D eigenvalue weighted by Crippen LogP contribution is -2.14. The summed E-state index contributed by atoms with van der Waals surface area (Å²) < 4.78 is 15.2. The van der Waals surface area contributed by atoms with E-state index < -0.39 is 0 Å². The minimum absolute atomic E-state index is 0.119. The normalized spacial score (nSPS) is 12.4. The quantitative estimate of drug-likeness (QED) is 0.731. The molecular formula is C14H12BrFIN. The van der Waals surface area contributed by atoms with E-state index in [0.29, 0.717) is 6.42 Å². The Morgan fingerprint density at radius 3 is 2.61 bits per heavy atom. The van der Waals surface area contributed by atoms with Crippen LogP contribution in [0.25, 0.3) is 0 Å². The van der Waals surface area contributed by atoms with Crippen LogP contribution in [0.2, 0.25) is 0 Å². The second-order valence-electron chi connectivity index (χ2n) is 4.11. The Kier molecular flexibility index (Phi) is 4.75. The highest BCUT2D eigenvalue weighted by Crippen LogP contribution is 2.23. The van der Waals surface area contributed by atoms with Crippen LogP contribution in [-0.2, 0) is 6.42 Å². The van der Waals surface area contributed by atoms with Crippen molar-refractivity contribution in [3.63, 3.8) is 0 Å². The minimum Gasteiger partial charge on any atom is -0.324 e. The molecule has 1 unspecified atom stereocenters. The van der Waals surface area contributed by atoms with Gasteiger partial charge in [-0.25, -0.2) is 4.39 Å². The molecular weight excluding hydrogens is 408 g/mol. The van der Waals surface area contributed by atoms with Gasteiger partial charge < -0.3 is 5.73 Å². The van der Waals surface area contributed by atoms with Crippen LogP contribution in [0.5, 0.6) is 0 Å². The standard InChI is InChI=1S/C14H12BrFIN/c15-10-5-9(6-11(16)8-10)7-14(18)12-3-1-2-4-13(12)17/h1-6,8,14H,7,18H2. The number of benzene rings is 2. The summed E-state index contributed by atoms with van der Waals surface area (Å²) in [5.41, 5.74) is 8.18. The number of hydrogen-bond donors (Lipinski definition) is 1. The molecule has 0 fully saturated rings. The smallest absolute Gasteiger partial charge is 0.124 e. The van der Waals surface area contributed by atoms with E-state index in [1.165, 1.54) is 12.1 Å². The van der Waals surface area contributed by atoms with Gasteiger partial charge in [0.15, 0.2) is 0 Å². The molecule has 0 radical (unpaired) electrons. The van der Waals surface area contributed by atoms with Gasteiger partial charge in [-0.3, -0.25) is 0 Å². The van der Waals surface area contributed by atoms with Crippen molar-refractivity contribution in [2.75, 3.05) is 0 Å².